The highest BCUT2D eigenvalue weighted by atomic mass is 16.6. The minimum Gasteiger partial charge on any atom is -0.476 e. The van der Waals surface area contributed by atoms with Crippen LogP contribution >= 0.6 is 0 Å². The van der Waals surface area contributed by atoms with Gasteiger partial charge in [0.2, 0.25) is 0 Å². The molecule has 1 heterocycles. The summed E-state index contributed by atoms with van der Waals surface area (Å²) in [6, 6.07) is 14.1. The molecule has 188 valence electrons. The number of hydrogen-bond acceptors (Lipinski definition) is 4. The molecule has 1 aromatic heterocycles. The Morgan fingerprint density at radius 2 is 1.57 bits per heavy atom. The van der Waals surface area contributed by atoms with Crippen molar-refractivity contribution in [1.82, 2.24) is 9.55 Å². The molecule has 0 radical (unpaired) electrons. The minimum atomic E-state index is -1.08. The van der Waals surface area contributed by atoms with E-state index in [4.69, 9.17) is 9.47 Å². The van der Waals surface area contributed by atoms with Crippen LogP contribution < -0.4 is 10.4 Å². The molecule has 0 aliphatic heterocycles. The Morgan fingerprint density at radius 1 is 0.914 bits per heavy atom. The molecule has 0 fully saturated rings. The molecule has 2 aromatic carbocycles. The van der Waals surface area contributed by atoms with Gasteiger partial charge in [-0.25, -0.2) is 9.59 Å². The van der Waals surface area contributed by atoms with E-state index >= 15 is 0 Å². The Bertz CT molecular complexity index is 1210. The number of carbonyl (C=O) groups is 1. The van der Waals surface area contributed by atoms with Crippen molar-refractivity contribution in [1.29, 1.82) is 0 Å². The molecule has 0 saturated carbocycles. The van der Waals surface area contributed by atoms with Crippen LogP contribution in [-0.4, -0.2) is 26.7 Å². The first-order chi connectivity index (χ1) is 16.3. The van der Waals surface area contributed by atoms with Gasteiger partial charge in [0, 0.05) is 11.9 Å². The van der Waals surface area contributed by atoms with E-state index in [0.717, 1.165) is 30.5 Å². The van der Waals surface area contributed by atoms with E-state index in [-0.39, 0.29) is 5.69 Å². The SMILES string of the molecule is Cc1ccc(Cn2cc(CCCc3ccc(OC(C)(C)C(=O)OC(C)(C)C)cc3)[nH]c2=O)cc1C. The van der Waals surface area contributed by atoms with Crippen LogP contribution in [0.2, 0.25) is 0 Å². The summed E-state index contributed by atoms with van der Waals surface area (Å²) in [5.41, 5.74) is 4.00. The van der Waals surface area contributed by atoms with Crippen molar-refractivity contribution in [2.45, 2.75) is 85.5 Å². The van der Waals surface area contributed by atoms with Gasteiger partial charge in [0.1, 0.15) is 11.4 Å². The zero-order chi connectivity index (χ0) is 25.8. The van der Waals surface area contributed by atoms with Crippen molar-refractivity contribution in [3.05, 3.63) is 87.1 Å². The molecule has 0 spiro atoms. The standard InChI is InChI=1S/C29H38N2O4/c1-20-11-12-23(17-21(20)2)18-31-19-24(30-27(31)33)10-8-9-22-13-15-25(16-14-22)34-29(6,7)26(32)35-28(3,4)5/h11-17,19H,8-10,18H2,1-7H3,(H,30,33). The lowest BCUT2D eigenvalue weighted by Crippen LogP contribution is -2.43. The number of aromatic nitrogens is 2. The van der Waals surface area contributed by atoms with Gasteiger partial charge in [-0.05, 0) is 102 Å². The molecule has 0 saturated heterocycles. The Labute approximate surface area is 208 Å². The molecule has 3 rings (SSSR count). The molecule has 0 amide bonds. The predicted octanol–water partition coefficient (Wildman–Crippen LogP) is 5.52. The maximum atomic E-state index is 12.4. The summed E-state index contributed by atoms with van der Waals surface area (Å²) < 4.78 is 13.1. The van der Waals surface area contributed by atoms with Crippen LogP contribution in [0.3, 0.4) is 0 Å². The Morgan fingerprint density at radius 3 is 2.20 bits per heavy atom. The Hall–Kier alpha value is -3.28. The Kier molecular flexibility index (Phi) is 7.93. The number of aromatic amines is 1. The van der Waals surface area contributed by atoms with Crippen LogP contribution in [-0.2, 0) is 28.9 Å². The van der Waals surface area contributed by atoms with Crippen LogP contribution in [0.4, 0.5) is 0 Å². The van der Waals surface area contributed by atoms with Crippen molar-refractivity contribution < 1.29 is 14.3 Å². The molecule has 0 aliphatic carbocycles. The van der Waals surface area contributed by atoms with E-state index in [1.807, 2.05) is 51.2 Å². The average Bonchev–Trinajstić information content (AvgIpc) is 3.09. The van der Waals surface area contributed by atoms with Gasteiger partial charge >= 0.3 is 11.7 Å². The van der Waals surface area contributed by atoms with Crippen LogP contribution in [0.5, 0.6) is 5.75 Å². The number of hydrogen-bond donors (Lipinski definition) is 1. The molecule has 0 atom stereocenters. The fourth-order valence-electron chi connectivity index (χ4n) is 3.78. The third kappa shape index (κ3) is 7.61. The minimum absolute atomic E-state index is 0.0765. The van der Waals surface area contributed by atoms with Crippen molar-refractivity contribution >= 4 is 5.97 Å². The molecule has 6 nitrogen and oxygen atoms in total. The quantitative estimate of drug-likeness (QED) is 0.411. The first kappa shape index (κ1) is 26.3. The van der Waals surface area contributed by atoms with Gasteiger partial charge in [0.15, 0.2) is 5.60 Å². The monoisotopic (exact) mass is 478 g/mol. The van der Waals surface area contributed by atoms with Crippen LogP contribution in [0.1, 0.15) is 69.0 Å². The van der Waals surface area contributed by atoms with Gasteiger partial charge in [-0.2, -0.15) is 0 Å². The Balaban J connectivity index is 1.52. The fraction of sp³-hybridized carbons (Fsp3) is 0.448. The molecule has 6 heteroatoms. The number of esters is 1. The maximum Gasteiger partial charge on any atom is 0.350 e. The van der Waals surface area contributed by atoms with Crippen molar-refractivity contribution in [2.75, 3.05) is 0 Å². The maximum absolute atomic E-state index is 12.4. The first-order valence-electron chi connectivity index (χ1n) is 12.2. The van der Waals surface area contributed by atoms with E-state index in [1.54, 1.807) is 18.4 Å². The summed E-state index contributed by atoms with van der Waals surface area (Å²) in [6.45, 7) is 13.7. The van der Waals surface area contributed by atoms with E-state index in [9.17, 15) is 9.59 Å². The van der Waals surface area contributed by atoms with Crippen molar-refractivity contribution in [2.24, 2.45) is 0 Å². The number of rotatable bonds is 9. The zero-order valence-electron chi connectivity index (χ0n) is 22.0. The molecule has 3 aromatic rings. The van der Waals surface area contributed by atoms with E-state index < -0.39 is 17.2 Å². The summed E-state index contributed by atoms with van der Waals surface area (Å²) >= 11 is 0. The molecule has 0 bridgehead atoms. The number of imidazole rings is 1. The lowest BCUT2D eigenvalue weighted by Gasteiger charge is -2.29. The predicted molar refractivity (Wildman–Crippen MR) is 139 cm³/mol. The summed E-state index contributed by atoms with van der Waals surface area (Å²) in [5, 5.41) is 0. The van der Waals surface area contributed by atoms with Gasteiger partial charge in [0.25, 0.3) is 0 Å². The van der Waals surface area contributed by atoms with E-state index in [0.29, 0.717) is 12.3 Å². The van der Waals surface area contributed by atoms with Crippen LogP contribution in [0.15, 0.2) is 53.5 Å². The van der Waals surface area contributed by atoms with Gasteiger partial charge in [-0.1, -0.05) is 30.3 Å². The van der Waals surface area contributed by atoms with Crippen LogP contribution in [0.25, 0.3) is 0 Å². The lowest BCUT2D eigenvalue weighted by atomic mass is 10.1. The number of aryl methyl sites for hydroxylation is 4. The van der Waals surface area contributed by atoms with Crippen molar-refractivity contribution in [3.63, 3.8) is 0 Å². The zero-order valence-corrected chi connectivity index (χ0v) is 22.0. The normalized spacial score (nSPS) is 12.0. The highest BCUT2D eigenvalue weighted by Gasteiger charge is 2.34. The molecule has 0 unspecified atom stereocenters. The molecule has 35 heavy (non-hydrogen) atoms. The lowest BCUT2D eigenvalue weighted by molar-refractivity contribution is -0.170. The largest absolute Gasteiger partial charge is 0.476 e. The number of nitrogens with zero attached hydrogens (tertiary/aromatic N) is 1. The second-order valence-electron chi connectivity index (χ2n) is 10.7. The average molecular weight is 479 g/mol. The van der Waals surface area contributed by atoms with E-state index in [2.05, 4.69) is 37.0 Å². The summed E-state index contributed by atoms with van der Waals surface area (Å²) in [6.07, 6.45) is 4.50. The molecular weight excluding hydrogens is 440 g/mol. The highest BCUT2D eigenvalue weighted by molar-refractivity contribution is 5.79. The van der Waals surface area contributed by atoms with Gasteiger partial charge < -0.3 is 14.5 Å². The number of H-pyrrole nitrogens is 1. The fourth-order valence-corrected chi connectivity index (χ4v) is 3.78. The van der Waals surface area contributed by atoms with Gasteiger partial charge in [-0.15, -0.1) is 0 Å². The first-order valence-corrected chi connectivity index (χ1v) is 12.2. The summed E-state index contributed by atoms with van der Waals surface area (Å²) in [7, 11) is 0. The number of benzene rings is 2. The molecule has 1 N–H and O–H groups in total. The second kappa shape index (κ2) is 10.5. The van der Waals surface area contributed by atoms with Gasteiger partial charge in [-0.3, -0.25) is 4.57 Å². The highest BCUT2D eigenvalue weighted by Crippen LogP contribution is 2.23. The topological polar surface area (TPSA) is 73.3 Å². The summed E-state index contributed by atoms with van der Waals surface area (Å²) in [4.78, 5) is 27.8. The summed E-state index contributed by atoms with van der Waals surface area (Å²) in [5.74, 6) is 0.227. The second-order valence-corrected chi connectivity index (χ2v) is 10.7. The smallest absolute Gasteiger partial charge is 0.350 e. The van der Waals surface area contributed by atoms with E-state index in [1.165, 1.54) is 16.7 Å². The molecule has 0 aliphatic rings. The third-order valence-electron chi connectivity index (χ3n) is 5.86. The molecular formula is C29H38N2O4. The van der Waals surface area contributed by atoms with Gasteiger partial charge in [0.05, 0.1) is 6.54 Å². The number of carbonyl (C=O) groups excluding carboxylic acids is 1. The van der Waals surface area contributed by atoms with Crippen molar-refractivity contribution in [3.8, 4) is 5.75 Å². The number of ether oxygens (including phenoxy) is 2. The number of nitrogens with one attached hydrogen (secondary N) is 1. The van der Waals surface area contributed by atoms with Crippen LogP contribution in [0, 0.1) is 13.8 Å². The third-order valence-corrected chi connectivity index (χ3v) is 5.86.